The summed E-state index contributed by atoms with van der Waals surface area (Å²) in [5.74, 6) is 0.130. The Balaban J connectivity index is 1.50. The van der Waals surface area contributed by atoms with Crippen LogP contribution in [0.2, 0.25) is 0 Å². The van der Waals surface area contributed by atoms with E-state index in [2.05, 4.69) is 58.3 Å². The first kappa shape index (κ1) is 24.5. The summed E-state index contributed by atoms with van der Waals surface area (Å²) >= 11 is 0. The minimum atomic E-state index is -3.19. The normalized spacial score (nSPS) is 17.7. The first-order valence-corrected chi connectivity index (χ1v) is 14.2. The maximum absolute atomic E-state index is 12.3. The van der Waals surface area contributed by atoms with E-state index in [9.17, 15) is 13.2 Å². The van der Waals surface area contributed by atoms with E-state index in [1.165, 1.54) is 6.26 Å². The molecule has 2 fully saturated rings. The number of nitrogens with one attached hydrogen (secondary N) is 2. The quantitative estimate of drug-likeness (QED) is 0.456. The standard InChI is InChI=1S/C27H33N5O3S/c1-18(28)20-4-3-5-21(13-20)25-17-32(23-8-10-31(11-9-23)36(2,34)35)26-12-19(6-7-24(25)26)14-30-27(33)22-15-29-16-22/h3-7,12-13,17,22-23,29H,1,8-11,14-16,28H2,2H3,(H,30,33). The van der Waals surface area contributed by atoms with Crippen molar-refractivity contribution in [2.45, 2.75) is 25.4 Å². The van der Waals surface area contributed by atoms with E-state index in [1.807, 2.05) is 12.1 Å². The predicted molar refractivity (Wildman–Crippen MR) is 143 cm³/mol. The van der Waals surface area contributed by atoms with Crippen LogP contribution >= 0.6 is 0 Å². The highest BCUT2D eigenvalue weighted by molar-refractivity contribution is 7.88. The lowest BCUT2D eigenvalue weighted by molar-refractivity contribution is -0.126. The Morgan fingerprint density at radius 1 is 1.17 bits per heavy atom. The minimum absolute atomic E-state index is 0.0498. The topological polar surface area (TPSA) is 109 Å². The monoisotopic (exact) mass is 507 g/mol. The molecule has 3 aromatic rings. The highest BCUT2D eigenvalue weighted by Gasteiger charge is 2.28. The maximum Gasteiger partial charge on any atom is 0.225 e. The van der Waals surface area contributed by atoms with Crippen LogP contribution in [0.3, 0.4) is 0 Å². The van der Waals surface area contributed by atoms with Crippen molar-refractivity contribution in [3.8, 4) is 11.1 Å². The lowest BCUT2D eigenvalue weighted by Gasteiger charge is -2.31. The summed E-state index contributed by atoms with van der Waals surface area (Å²) in [7, 11) is -3.19. The van der Waals surface area contributed by atoms with E-state index in [4.69, 9.17) is 5.73 Å². The molecule has 0 saturated carbocycles. The Hall–Kier alpha value is -3.14. The van der Waals surface area contributed by atoms with Gasteiger partial charge in [0.05, 0.1) is 12.2 Å². The number of benzene rings is 2. The van der Waals surface area contributed by atoms with E-state index < -0.39 is 10.0 Å². The predicted octanol–water partition coefficient (Wildman–Crippen LogP) is 2.67. The van der Waals surface area contributed by atoms with Crippen LogP contribution in [0.25, 0.3) is 27.7 Å². The van der Waals surface area contributed by atoms with Gasteiger partial charge in [-0.15, -0.1) is 0 Å². The Morgan fingerprint density at radius 3 is 2.56 bits per heavy atom. The minimum Gasteiger partial charge on any atom is -0.399 e. The molecule has 0 radical (unpaired) electrons. The SMILES string of the molecule is C=C(N)c1cccc(-c2cn(C3CCN(S(C)(=O)=O)CC3)c3cc(CNC(=O)C4CNC4)ccc23)c1. The second kappa shape index (κ2) is 9.72. The Morgan fingerprint density at radius 2 is 1.92 bits per heavy atom. The van der Waals surface area contributed by atoms with Crippen molar-refractivity contribution < 1.29 is 13.2 Å². The average Bonchev–Trinajstić information content (AvgIpc) is 3.20. The van der Waals surface area contributed by atoms with Gasteiger partial charge < -0.3 is 20.9 Å². The van der Waals surface area contributed by atoms with Crippen LogP contribution in [-0.4, -0.2) is 55.6 Å². The molecule has 1 aromatic heterocycles. The number of fused-ring (bicyclic) bond motifs is 1. The summed E-state index contributed by atoms with van der Waals surface area (Å²) in [6.45, 7) is 6.83. The summed E-state index contributed by atoms with van der Waals surface area (Å²) < 4.78 is 27.9. The van der Waals surface area contributed by atoms with Gasteiger partial charge in [-0.3, -0.25) is 4.79 Å². The average molecular weight is 508 g/mol. The van der Waals surface area contributed by atoms with Gasteiger partial charge in [0.1, 0.15) is 0 Å². The number of nitrogens with zero attached hydrogens (tertiary/aromatic N) is 2. The molecule has 1 amide bonds. The number of amides is 1. The molecule has 0 spiro atoms. The Labute approximate surface area is 212 Å². The van der Waals surface area contributed by atoms with E-state index >= 15 is 0 Å². The Kier molecular flexibility index (Phi) is 6.63. The van der Waals surface area contributed by atoms with Crippen LogP contribution < -0.4 is 16.4 Å². The number of nitrogens with two attached hydrogens (primary N) is 1. The molecule has 8 nitrogen and oxygen atoms in total. The summed E-state index contributed by atoms with van der Waals surface area (Å²) in [5, 5.41) is 7.30. The first-order chi connectivity index (χ1) is 17.2. The molecule has 0 unspecified atom stereocenters. The third-order valence-electron chi connectivity index (χ3n) is 7.35. The molecule has 190 valence electrons. The molecule has 4 N–H and O–H groups in total. The van der Waals surface area contributed by atoms with Crippen molar-refractivity contribution in [3.63, 3.8) is 0 Å². The highest BCUT2D eigenvalue weighted by atomic mass is 32.2. The molecule has 36 heavy (non-hydrogen) atoms. The second-order valence-electron chi connectivity index (χ2n) is 9.87. The van der Waals surface area contributed by atoms with Crippen molar-refractivity contribution in [2.75, 3.05) is 32.4 Å². The van der Waals surface area contributed by atoms with Crippen molar-refractivity contribution in [1.29, 1.82) is 0 Å². The van der Waals surface area contributed by atoms with Gasteiger partial charge in [-0.25, -0.2) is 12.7 Å². The van der Waals surface area contributed by atoms with Crippen molar-refractivity contribution in [1.82, 2.24) is 19.5 Å². The van der Waals surface area contributed by atoms with Gasteiger partial charge in [0.15, 0.2) is 0 Å². The number of carbonyl (C=O) groups excluding carboxylic acids is 1. The number of hydrogen-bond donors (Lipinski definition) is 3. The molecule has 2 saturated heterocycles. The Bertz CT molecular complexity index is 1420. The van der Waals surface area contributed by atoms with Crippen molar-refractivity contribution in [3.05, 3.63) is 66.4 Å². The zero-order valence-corrected chi connectivity index (χ0v) is 21.4. The molecule has 0 atom stereocenters. The summed E-state index contributed by atoms with van der Waals surface area (Å²) in [4.78, 5) is 12.3. The van der Waals surface area contributed by atoms with E-state index in [1.54, 1.807) is 4.31 Å². The second-order valence-corrected chi connectivity index (χ2v) is 11.9. The smallest absolute Gasteiger partial charge is 0.225 e. The molecule has 9 heteroatoms. The third kappa shape index (κ3) is 4.91. The van der Waals surface area contributed by atoms with Gasteiger partial charge in [-0.1, -0.05) is 36.9 Å². The fourth-order valence-electron chi connectivity index (χ4n) is 5.08. The molecule has 2 aromatic carbocycles. The van der Waals surface area contributed by atoms with Gasteiger partial charge in [-0.2, -0.15) is 0 Å². The zero-order valence-electron chi connectivity index (χ0n) is 20.5. The van der Waals surface area contributed by atoms with Crippen molar-refractivity contribution in [2.24, 2.45) is 11.7 Å². The largest absolute Gasteiger partial charge is 0.399 e. The molecule has 5 rings (SSSR count). The fraction of sp³-hybridized carbons (Fsp3) is 0.370. The van der Waals surface area contributed by atoms with Crippen LogP contribution in [0.5, 0.6) is 0 Å². The van der Waals surface area contributed by atoms with E-state index in [0.29, 0.717) is 25.3 Å². The number of aromatic nitrogens is 1. The van der Waals surface area contributed by atoms with Gasteiger partial charge in [0, 0.05) is 67.1 Å². The number of rotatable bonds is 7. The van der Waals surface area contributed by atoms with Gasteiger partial charge in [0.25, 0.3) is 0 Å². The molecule has 0 bridgehead atoms. The van der Waals surface area contributed by atoms with Crippen LogP contribution in [0.4, 0.5) is 0 Å². The van der Waals surface area contributed by atoms with Crippen LogP contribution in [0, 0.1) is 5.92 Å². The summed E-state index contributed by atoms with van der Waals surface area (Å²) in [6, 6.07) is 14.6. The van der Waals surface area contributed by atoms with Gasteiger partial charge >= 0.3 is 0 Å². The lowest BCUT2D eigenvalue weighted by atomic mass is 10.0. The highest BCUT2D eigenvalue weighted by Crippen LogP contribution is 2.36. The fourth-order valence-corrected chi connectivity index (χ4v) is 5.96. The van der Waals surface area contributed by atoms with E-state index in [0.717, 1.165) is 59.1 Å². The van der Waals surface area contributed by atoms with E-state index in [-0.39, 0.29) is 17.9 Å². The summed E-state index contributed by atoms with van der Waals surface area (Å²) in [5.41, 5.74) is 11.6. The number of sulfonamides is 1. The van der Waals surface area contributed by atoms with Crippen LogP contribution in [-0.2, 0) is 21.4 Å². The van der Waals surface area contributed by atoms with Gasteiger partial charge in [-0.05, 0) is 41.7 Å². The number of hydrogen-bond acceptors (Lipinski definition) is 5. The zero-order chi connectivity index (χ0) is 25.4. The summed E-state index contributed by atoms with van der Waals surface area (Å²) in [6.07, 6.45) is 4.93. The third-order valence-corrected chi connectivity index (χ3v) is 8.65. The lowest BCUT2D eigenvalue weighted by Crippen LogP contribution is -2.50. The van der Waals surface area contributed by atoms with Gasteiger partial charge in [0.2, 0.25) is 15.9 Å². The van der Waals surface area contributed by atoms with Crippen LogP contribution in [0.15, 0.2) is 55.2 Å². The number of piperidine rings is 1. The van der Waals surface area contributed by atoms with Crippen molar-refractivity contribution >= 4 is 32.5 Å². The first-order valence-electron chi connectivity index (χ1n) is 12.3. The molecule has 2 aliphatic rings. The molecule has 2 aliphatic heterocycles. The molecule has 3 heterocycles. The molecular formula is C27H33N5O3S. The number of carbonyl (C=O) groups is 1. The molecular weight excluding hydrogens is 474 g/mol. The van der Waals surface area contributed by atoms with Crippen LogP contribution in [0.1, 0.15) is 30.0 Å². The molecule has 0 aliphatic carbocycles. The maximum atomic E-state index is 12.3.